The number of aliphatic carboxylic acids is 1. The number of nitrogens with one attached hydrogen (secondary N) is 2. The molecule has 0 aromatic heterocycles. The Balaban J connectivity index is 2.65. The quantitative estimate of drug-likeness (QED) is 0.762. The van der Waals surface area contributed by atoms with Crippen molar-refractivity contribution in [2.75, 3.05) is 23.7 Å². The average molecular weight is 279 g/mol. The monoisotopic (exact) mass is 279 g/mol. The average Bonchev–Trinajstić information content (AvgIpc) is 2.37. The van der Waals surface area contributed by atoms with Gasteiger partial charge in [0, 0.05) is 24.8 Å². The summed E-state index contributed by atoms with van der Waals surface area (Å²) < 4.78 is 0. The van der Waals surface area contributed by atoms with Gasteiger partial charge in [-0.15, -0.1) is 0 Å². The van der Waals surface area contributed by atoms with Crippen molar-refractivity contribution < 1.29 is 19.5 Å². The molecule has 1 aromatic carbocycles. The Labute approximate surface area is 116 Å². The van der Waals surface area contributed by atoms with Crippen LogP contribution >= 0.6 is 0 Å². The Hall–Kier alpha value is -2.57. The van der Waals surface area contributed by atoms with Gasteiger partial charge in [-0.25, -0.2) is 4.79 Å². The second kappa shape index (κ2) is 7.13. The Morgan fingerprint density at radius 1 is 1.10 bits per heavy atom. The van der Waals surface area contributed by atoms with Gasteiger partial charge >= 0.3 is 12.0 Å². The van der Waals surface area contributed by atoms with Crippen molar-refractivity contribution >= 4 is 29.3 Å². The zero-order chi connectivity index (χ0) is 15.1. The molecule has 3 N–H and O–H groups in total. The van der Waals surface area contributed by atoms with Gasteiger partial charge in [0.2, 0.25) is 5.91 Å². The highest BCUT2D eigenvalue weighted by atomic mass is 16.4. The summed E-state index contributed by atoms with van der Waals surface area (Å²) in [6, 6.07) is 6.05. The SMILES string of the molecule is CCN(CC(=O)O)C(=O)Nc1ccc(NC(C)=O)cc1. The summed E-state index contributed by atoms with van der Waals surface area (Å²) in [7, 11) is 0. The molecule has 0 spiro atoms. The van der Waals surface area contributed by atoms with E-state index in [0.29, 0.717) is 17.9 Å². The number of benzene rings is 1. The number of amides is 3. The number of urea groups is 1. The molecule has 0 saturated heterocycles. The maximum atomic E-state index is 11.8. The molecule has 1 rings (SSSR count). The minimum atomic E-state index is -1.07. The van der Waals surface area contributed by atoms with Crippen molar-refractivity contribution in [2.24, 2.45) is 0 Å². The van der Waals surface area contributed by atoms with Crippen molar-refractivity contribution in [1.82, 2.24) is 4.90 Å². The van der Waals surface area contributed by atoms with Crippen LogP contribution < -0.4 is 10.6 Å². The van der Waals surface area contributed by atoms with Gasteiger partial charge < -0.3 is 20.6 Å². The Kier molecular flexibility index (Phi) is 5.52. The van der Waals surface area contributed by atoms with E-state index in [-0.39, 0.29) is 12.5 Å². The van der Waals surface area contributed by atoms with E-state index < -0.39 is 12.0 Å². The molecule has 0 unspecified atom stereocenters. The van der Waals surface area contributed by atoms with Crippen LogP contribution in [0, 0.1) is 0 Å². The van der Waals surface area contributed by atoms with Crippen LogP contribution in [0.4, 0.5) is 16.2 Å². The smallest absolute Gasteiger partial charge is 0.323 e. The van der Waals surface area contributed by atoms with Gasteiger partial charge in [-0.3, -0.25) is 9.59 Å². The van der Waals surface area contributed by atoms with Crippen LogP contribution in [0.2, 0.25) is 0 Å². The molecule has 0 aliphatic heterocycles. The molecule has 7 nitrogen and oxygen atoms in total. The zero-order valence-corrected chi connectivity index (χ0v) is 11.3. The minimum Gasteiger partial charge on any atom is -0.480 e. The first kappa shape index (κ1) is 15.5. The highest BCUT2D eigenvalue weighted by molar-refractivity contribution is 5.92. The number of rotatable bonds is 5. The third-order valence-corrected chi connectivity index (χ3v) is 2.45. The minimum absolute atomic E-state index is 0.180. The van der Waals surface area contributed by atoms with Crippen molar-refractivity contribution in [1.29, 1.82) is 0 Å². The van der Waals surface area contributed by atoms with E-state index in [9.17, 15) is 14.4 Å². The van der Waals surface area contributed by atoms with Crippen molar-refractivity contribution in [3.8, 4) is 0 Å². The highest BCUT2D eigenvalue weighted by Gasteiger charge is 2.14. The Morgan fingerprint density at radius 2 is 1.60 bits per heavy atom. The van der Waals surface area contributed by atoms with E-state index in [4.69, 9.17) is 5.11 Å². The summed E-state index contributed by atoms with van der Waals surface area (Å²) in [5, 5.41) is 13.9. The summed E-state index contributed by atoms with van der Waals surface area (Å²) in [5.74, 6) is -1.25. The first-order chi connectivity index (χ1) is 9.42. The van der Waals surface area contributed by atoms with Crippen LogP contribution in [0.15, 0.2) is 24.3 Å². The maximum Gasteiger partial charge on any atom is 0.323 e. The number of carbonyl (C=O) groups excluding carboxylic acids is 2. The van der Waals surface area contributed by atoms with Crippen LogP contribution in [-0.4, -0.2) is 41.0 Å². The molecule has 20 heavy (non-hydrogen) atoms. The van der Waals surface area contributed by atoms with Gasteiger partial charge in [0.1, 0.15) is 6.54 Å². The molecule has 1 aromatic rings. The van der Waals surface area contributed by atoms with E-state index in [0.717, 1.165) is 0 Å². The largest absolute Gasteiger partial charge is 0.480 e. The molecule has 0 heterocycles. The molecular formula is C13H17N3O4. The van der Waals surface area contributed by atoms with Crippen LogP contribution in [0.25, 0.3) is 0 Å². The summed E-state index contributed by atoms with van der Waals surface area (Å²) in [4.78, 5) is 34.5. The van der Waals surface area contributed by atoms with Crippen LogP contribution in [0.3, 0.4) is 0 Å². The second-order valence-corrected chi connectivity index (χ2v) is 4.10. The normalized spacial score (nSPS) is 9.70. The zero-order valence-electron chi connectivity index (χ0n) is 11.3. The van der Waals surface area contributed by atoms with Crippen LogP contribution in [-0.2, 0) is 9.59 Å². The molecule has 0 radical (unpaired) electrons. The van der Waals surface area contributed by atoms with E-state index in [1.807, 2.05) is 0 Å². The van der Waals surface area contributed by atoms with E-state index >= 15 is 0 Å². The third kappa shape index (κ3) is 4.97. The van der Waals surface area contributed by atoms with Gasteiger partial charge in [-0.1, -0.05) is 0 Å². The predicted molar refractivity (Wildman–Crippen MR) is 74.6 cm³/mol. The number of carboxylic acids is 1. The van der Waals surface area contributed by atoms with Gasteiger partial charge in [0.05, 0.1) is 0 Å². The number of hydrogen-bond acceptors (Lipinski definition) is 3. The van der Waals surface area contributed by atoms with Gasteiger partial charge in [0.25, 0.3) is 0 Å². The molecule has 0 saturated carbocycles. The topological polar surface area (TPSA) is 98.7 Å². The molecule has 3 amide bonds. The van der Waals surface area contributed by atoms with Gasteiger partial charge in [-0.2, -0.15) is 0 Å². The number of hydrogen-bond donors (Lipinski definition) is 3. The highest BCUT2D eigenvalue weighted by Crippen LogP contribution is 2.14. The lowest BCUT2D eigenvalue weighted by molar-refractivity contribution is -0.137. The fraction of sp³-hybridized carbons (Fsp3) is 0.308. The lowest BCUT2D eigenvalue weighted by atomic mass is 10.3. The fourth-order valence-electron chi connectivity index (χ4n) is 1.53. The summed E-state index contributed by atoms with van der Waals surface area (Å²) in [6.07, 6.45) is 0. The maximum absolute atomic E-state index is 11.8. The molecule has 0 aliphatic carbocycles. The van der Waals surface area contributed by atoms with Crippen molar-refractivity contribution in [2.45, 2.75) is 13.8 Å². The van der Waals surface area contributed by atoms with Crippen molar-refractivity contribution in [3.05, 3.63) is 24.3 Å². The van der Waals surface area contributed by atoms with Crippen molar-refractivity contribution in [3.63, 3.8) is 0 Å². The van der Waals surface area contributed by atoms with Crippen LogP contribution in [0.5, 0.6) is 0 Å². The summed E-state index contributed by atoms with van der Waals surface area (Å²) in [5.41, 5.74) is 1.14. The second-order valence-electron chi connectivity index (χ2n) is 4.10. The molecule has 0 atom stereocenters. The number of nitrogens with zero attached hydrogens (tertiary/aromatic N) is 1. The third-order valence-electron chi connectivity index (χ3n) is 2.45. The summed E-state index contributed by atoms with van der Waals surface area (Å²) in [6.45, 7) is 3.04. The standard InChI is InChI=1S/C13H17N3O4/c1-3-16(8-12(18)19)13(20)15-11-6-4-10(5-7-11)14-9(2)17/h4-7H,3,8H2,1-2H3,(H,14,17)(H,15,20)(H,18,19). The Morgan fingerprint density at radius 3 is 2.00 bits per heavy atom. The lowest BCUT2D eigenvalue weighted by Crippen LogP contribution is -2.38. The molecule has 0 aliphatic rings. The predicted octanol–water partition coefficient (Wildman–Crippen LogP) is 1.58. The number of anilines is 2. The summed E-state index contributed by atoms with van der Waals surface area (Å²) >= 11 is 0. The fourth-order valence-corrected chi connectivity index (χ4v) is 1.53. The van der Waals surface area contributed by atoms with E-state index in [1.54, 1.807) is 31.2 Å². The van der Waals surface area contributed by atoms with E-state index in [1.165, 1.54) is 11.8 Å². The van der Waals surface area contributed by atoms with Gasteiger partial charge in [0.15, 0.2) is 0 Å². The first-order valence-corrected chi connectivity index (χ1v) is 6.07. The molecule has 108 valence electrons. The molecule has 0 bridgehead atoms. The van der Waals surface area contributed by atoms with Crippen LogP contribution in [0.1, 0.15) is 13.8 Å². The van der Waals surface area contributed by atoms with Gasteiger partial charge in [-0.05, 0) is 31.2 Å². The lowest BCUT2D eigenvalue weighted by Gasteiger charge is -2.19. The van der Waals surface area contributed by atoms with E-state index in [2.05, 4.69) is 10.6 Å². The Bertz CT molecular complexity index is 499. The number of carbonyl (C=O) groups is 3. The molecule has 0 fully saturated rings. The number of likely N-dealkylation sites (N-methyl/N-ethyl adjacent to an activating group) is 1. The first-order valence-electron chi connectivity index (χ1n) is 6.07. The molecule has 7 heteroatoms. The number of carboxylic acid groups (broad SMARTS) is 1. The molecular weight excluding hydrogens is 262 g/mol.